The maximum Gasteiger partial charge on any atom is 0.281 e. The lowest BCUT2D eigenvalue weighted by molar-refractivity contribution is 0.386. The number of aromatic hydroxyl groups is 1. The van der Waals surface area contributed by atoms with Gasteiger partial charge in [0.25, 0.3) is 5.56 Å². The molecule has 1 N–H and O–H groups in total. The van der Waals surface area contributed by atoms with Crippen molar-refractivity contribution in [3.05, 3.63) is 49.7 Å². The Balaban J connectivity index is 2.69. The van der Waals surface area contributed by atoms with Crippen LogP contribution >= 0.6 is 23.2 Å². The first-order valence-electron chi connectivity index (χ1n) is 7.03. The summed E-state index contributed by atoms with van der Waals surface area (Å²) in [5, 5.41) is 27.8. The second kappa shape index (κ2) is 7.04. The SMILES string of the molecule is Cc1c(C#N)c(O)n(C(C)C)c(=O)c1N=Nc1cccc(Cl)c1Cl. The second-order valence-corrected chi connectivity index (χ2v) is 6.11. The molecule has 2 rings (SSSR count). The predicted molar refractivity (Wildman–Crippen MR) is 92.8 cm³/mol. The van der Waals surface area contributed by atoms with E-state index >= 15 is 0 Å². The molecular formula is C16H14Cl2N4O2. The van der Waals surface area contributed by atoms with Crippen LogP contribution < -0.4 is 5.56 Å². The van der Waals surface area contributed by atoms with Gasteiger partial charge in [-0.05, 0) is 32.9 Å². The highest BCUT2D eigenvalue weighted by Crippen LogP contribution is 2.34. The molecular weight excluding hydrogens is 351 g/mol. The normalized spacial score (nSPS) is 11.2. The lowest BCUT2D eigenvalue weighted by Crippen LogP contribution is -2.23. The lowest BCUT2D eigenvalue weighted by atomic mass is 10.1. The number of pyridine rings is 1. The minimum atomic E-state index is -0.541. The smallest absolute Gasteiger partial charge is 0.281 e. The Labute approximate surface area is 148 Å². The van der Waals surface area contributed by atoms with Crippen LogP contribution in [-0.2, 0) is 0 Å². The number of nitriles is 1. The van der Waals surface area contributed by atoms with Crippen LogP contribution in [0.25, 0.3) is 0 Å². The fourth-order valence-electron chi connectivity index (χ4n) is 2.18. The van der Waals surface area contributed by atoms with Crippen molar-refractivity contribution in [2.24, 2.45) is 10.2 Å². The molecule has 0 bridgehead atoms. The van der Waals surface area contributed by atoms with E-state index in [0.29, 0.717) is 10.7 Å². The van der Waals surface area contributed by atoms with Gasteiger partial charge in [0.1, 0.15) is 17.3 Å². The Hall–Kier alpha value is -2.36. The van der Waals surface area contributed by atoms with E-state index in [1.807, 2.05) is 6.07 Å². The molecule has 24 heavy (non-hydrogen) atoms. The van der Waals surface area contributed by atoms with Crippen LogP contribution in [0.2, 0.25) is 10.0 Å². The molecule has 0 saturated heterocycles. The van der Waals surface area contributed by atoms with Gasteiger partial charge in [-0.1, -0.05) is 29.3 Å². The zero-order valence-electron chi connectivity index (χ0n) is 13.2. The number of benzene rings is 1. The van der Waals surface area contributed by atoms with Crippen LogP contribution in [0.15, 0.2) is 33.2 Å². The molecule has 1 heterocycles. The van der Waals surface area contributed by atoms with Gasteiger partial charge in [-0.15, -0.1) is 10.2 Å². The van der Waals surface area contributed by atoms with Gasteiger partial charge in [0, 0.05) is 11.6 Å². The number of hydrogen-bond acceptors (Lipinski definition) is 5. The highest BCUT2D eigenvalue weighted by atomic mass is 35.5. The molecule has 0 saturated carbocycles. The maximum absolute atomic E-state index is 12.6. The standard InChI is InChI=1S/C16H14Cl2N4O2/c1-8(2)22-15(23)10(7-19)9(3)14(16(22)24)21-20-12-6-4-5-11(17)13(12)18/h4-6,8,23H,1-3H3. The second-order valence-electron chi connectivity index (χ2n) is 5.33. The Morgan fingerprint density at radius 1 is 1.29 bits per heavy atom. The van der Waals surface area contributed by atoms with Crippen LogP contribution in [0, 0.1) is 18.3 Å². The van der Waals surface area contributed by atoms with E-state index in [0.717, 1.165) is 4.57 Å². The van der Waals surface area contributed by atoms with Crippen LogP contribution in [0.1, 0.15) is 31.0 Å². The van der Waals surface area contributed by atoms with Gasteiger partial charge in [0.15, 0.2) is 5.69 Å². The molecule has 6 nitrogen and oxygen atoms in total. The fourth-order valence-corrected chi connectivity index (χ4v) is 2.51. The van der Waals surface area contributed by atoms with Crippen molar-refractivity contribution in [1.82, 2.24) is 4.57 Å². The molecule has 0 unspecified atom stereocenters. The van der Waals surface area contributed by atoms with Gasteiger partial charge < -0.3 is 5.11 Å². The van der Waals surface area contributed by atoms with E-state index in [4.69, 9.17) is 23.2 Å². The predicted octanol–water partition coefficient (Wildman–Crippen LogP) is 5.04. The van der Waals surface area contributed by atoms with Crippen molar-refractivity contribution in [1.29, 1.82) is 5.26 Å². The molecule has 0 aliphatic rings. The molecule has 8 heteroatoms. The number of nitrogens with zero attached hydrogens (tertiary/aromatic N) is 4. The molecule has 0 aliphatic carbocycles. The fraction of sp³-hybridized carbons (Fsp3) is 0.250. The van der Waals surface area contributed by atoms with Crippen LogP contribution in [0.3, 0.4) is 0 Å². The summed E-state index contributed by atoms with van der Waals surface area (Å²) < 4.78 is 1.10. The third-order valence-electron chi connectivity index (χ3n) is 3.42. The number of rotatable bonds is 3. The quantitative estimate of drug-likeness (QED) is 0.773. The van der Waals surface area contributed by atoms with E-state index in [-0.39, 0.29) is 33.8 Å². The molecule has 1 aromatic carbocycles. The molecule has 0 fully saturated rings. The van der Waals surface area contributed by atoms with Gasteiger partial charge in [0.2, 0.25) is 5.88 Å². The van der Waals surface area contributed by atoms with Gasteiger partial charge >= 0.3 is 0 Å². The minimum Gasteiger partial charge on any atom is -0.493 e. The van der Waals surface area contributed by atoms with Gasteiger partial charge in [-0.3, -0.25) is 9.36 Å². The Morgan fingerprint density at radius 2 is 1.96 bits per heavy atom. The summed E-state index contributed by atoms with van der Waals surface area (Å²) in [5.41, 5.74) is -0.0473. The summed E-state index contributed by atoms with van der Waals surface area (Å²) >= 11 is 12.0. The molecule has 0 radical (unpaired) electrons. The zero-order chi connectivity index (χ0) is 18.0. The molecule has 0 spiro atoms. The molecule has 124 valence electrons. The average molecular weight is 365 g/mol. The van der Waals surface area contributed by atoms with Crippen molar-refractivity contribution in [2.75, 3.05) is 0 Å². The molecule has 0 aliphatic heterocycles. The molecule has 0 amide bonds. The van der Waals surface area contributed by atoms with Crippen LogP contribution in [0.4, 0.5) is 11.4 Å². The van der Waals surface area contributed by atoms with Crippen molar-refractivity contribution >= 4 is 34.6 Å². The van der Waals surface area contributed by atoms with E-state index in [1.54, 1.807) is 32.0 Å². The van der Waals surface area contributed by atoms with Crippen molar-refractivity contribution in [3.8, 4) is 11.9 Å². The van der Waals surface area contributed by atoms with Crippen LogP contribution in [0.5, 0.6) is 5.88 Å². The first-order chi connectivity index (χ1) is 11.3. The first kappa shape index (κ1) is 18.0. The molecule has 1 aromatic heterocycles. The third-order valence-corrected chi connectivity index (χ3v) is 4.23. The summed E-state index contributed by atoms with van der Waals surface area (Å²) in [5.74, 6) is -0.380. The largest absolute Gasteiger partial charge is 0.493 e. The van der Waals surface area contributed by atoms with E-state index in [2.05, 4.69) is 10.2 Å². The van der Waals surface area contributed by atoms with E-state index in [1.165, 1.54) is 6.92 Å². The van der Waals surface area contributed by atoms with Crippen molar-refractivity contribution in [2.45, 2.75) is 26.8 Å². The Kier molecular flexibility index (Phi) is 5.27. The summed E-state index contributed by atoms with van der Waals surface area (Å²) in [6.07, 6.45) is 0. The van der Waals surface area contributed by atoms with E-state index in [9.17, 15) is 15.2 Å². The maximum atomic E-state index is 12.6. The summed E-state index contributed by atoms with van der Waals surface area (Å²) in [7, 11) is 0. The third kappa shape index (κ3) is 3.14. The average Bonchev–Trinajstić information content (AvgIpc) is 2.51. The van der Waals surface area contributed by atoms with Gasteiger partial charge in [-0.25, -0.2) is 0 Å². The van der Waals surface area contributed by atoms with Crippen LogP contribution in [-0.4, -0.2) is 9.67 Å². The first-order valence-corrected chi connectivity index (χ1v) is 7.79. The van der Waals surface area contributed by atoms with Crippen molar-refractivity contribution < 1.29 is 5.11 Å². The minimum absolute atomic E-state index is 0.0190. The highest BCUT2D eigenvalue weighted by Gasteiger charge is 2.20. The molecule has 0 atom stereocenters. The van der Waals surface area contributed by atoms with E-state index < -0.39 is 5.56 Å². The van der Waals surface area contributed by atoms with Crippen molar-refractivity contribution in [3.63, 3.8) is 0 Å². The zero-order valence-corrected chi connectivity index (χ0v) is 14.7. The lowest BCUT2D eigenvalue weighted by Gasteiger charge is -2.15. The summed E-state index contributed by atoms with van der Waals surface area (Å²) in [6.45, 7) is 4.96. The summed E-state index contributed by atoms with van der Waals surface area (Å²) in [6, 6.07) is 6.39. The monoisotopic (exact) mass is 364 g/mol. The summed E-state index contributed by atoms with van der Waals surface area (Å²) in [4.78, 5) is 12.6. The Morgan fingerprint density at radius 3 is 2.54 bits per heavy atom. The Bertz CT molecular complexity index is 927. The number of azo groups is 1. The van der Waals surface area contributed by atoms with Gasteiger partial charge in [-0.2, -0.15) is 5.26 Å². The van der Waals surface area contributed by atoms with Gasteiger partial charge in [0.05, 0.1) is 10.0 Å². The number of halogens is 2. The number of aromatic nitrogens is 1. The molecule has 2 aromatic rings. The topological polar surface area (TPSA) is 90.7 Å². The number of hydrogen-bond donors (Lipinski definition) is 1. The highest BCUT2D eigenvalue weighted by molar-refractivity contribution is 6.43.